The molecule has 2 N–H and O–H groups in total. The molecule has 0 radical (unpaired) electrons. The monoisotopic (exact) mass is 217 g/mol. The van der Waals surface area contributed by atoms with Crippen LogP contribution in [0.3, 0.4) is 0 Å². The van der Waals surface area contributed by atoms with Gasteiger partial charge in [0.15, 0.2) is 0 Å². The zero-order chi connectivity index (χ0) is 11.1. The van der Waals surface area contributed by atoms with Gasteiger partial charge in [-0.2, -0.15) is 0 Å². The number of hydrogen-bond donors (Lipinski definition) is 2. The van der Waals surface area contributed by atoms with Gasteiger partial charge in [-0.05, 0) is 31.5 Å². The van der Waals surface area contributed by atoms with Crippen molar-refractivity contribution in [1.29, 1.82) is 0 Å². The van der Waals surface area contributed by atoms with Crippen molar-refractivity contribution >= 4 is 11.0 Å². The molecular weight excluding hydrogens is 202 g/mol. The fraction of sp³-hybridized carbons (Fsp3) is 0.385. The van der Waals surface area contributed by atoms with Crippen molar-refractivity contribution in [2.24, 2.45) is 0 Å². The quantitative estimate of drug-likeness (QED) is 0.713. The molecular formula is C13H15NO2. The molecule has 1 aromatic heterocycles. The third-order valence-electron chi connectivity index (χ3n) is 3.29. The Morgan fingerprint density at radius 2 is 2.31 bits per heavy atom. The Bertz CT molecular complexity index is 530. The molecule has 3 heteroatoms. The SMILES string of the molecule is CC1CCc2oc3ccc(O)cc3c2CN1. The second-order valence-corrected chi connectivity index (χ2v) is 4.50. The molecule has 0 amide bonds. The minimum absolute atomic E-state index is 0.299. The van der Waals surface area contributed by atoms with Gasteiger partial charge < -0.3 is 14.8 Å². The molecule has 0 fully saturated rings. The third-order valence-corrected chi connectivity index (χ3v) is 3.29. The summed E-state index contributed by atoms with van der Waals surface area (Å²) in [5.74, 6) is 1.37. The predicted octanol–water partition coefficient (Wildman–Crippen LogP) is 2.56. The van der Waals surface area contributed by atoms with Gasteiger partial charge in [0.05, 0.1) is 0 Å². The summed E-state index contributed by atoms with van der Waals surface area (Å²) in [6, 6.07) is 5.81. The Labute approximate surface area is 94.1 Å². The molecule has 1 aromatic carbocycles. The molecule has 0 saturated heterocycles. The van der Waals surface area contributed by atoms with Crippen LogP contribution >= 0.6 is 0 Å². The Balaban J connectivity index is 2.16. The number of furan rings is 1. The van der Waals surface area contributed by atoms with Gasteiger partial charge in [-0.3, -0.25) is 0 Å². The summed E-state index contributed by atoms with van der Waals surface area (Å²) >= 11 is 0. The van der Waals surface area contributed by atoms with E-state index in [-0.39, 0.29) is 0 Å². The Morgan fingerprint density at radius 1 is 1.44 bits per heavy atom. The second-order valence-electron chi connectivity index (χ2n) is 4.50. The van der Waals surface area contributed by atoms with Gasteiger partial charge in [0.1, 0.15) is 17.1 Å². The number of benzene rings is 1. The summed E-state index contributed by atoms with van der Waals surface area (Å²) < 4.78 is 5.82. The summed E-state index contributed by atoms with van der Waals surface area (Å²) in [5.41, 5.74) is 2.08. The van der Waals surface area contributed by atoms with Crippen LogP contribution in [0.2, 0.25) is 0 Å². The highest BCUT2D eigenvalue weighted by Gasteiger charge is 2.18. The Hall–Kier alpha value is -1.48. The summed E-state index contributed by atoms with van der Waals surface area (Å²) in [7, 11) is 0. The Morgan fingerprint density at radius 3 is 3.19 bits per heavy atom. The van der Waals surface area contributed by atoms with Crippen LogP contribution in [0.5, 0.6) is 5.75 Å². The zero-order valence-electron chi connectivity index (χ0n) is 9.29. The number of aromatic hydroxyl groups is 1. The average Bonchev–Trinajstić information content (AvgIpc) is 2.50. The van der Waals surface area contributed by atoms with E-state index in [2.05, 4.69) is 12.2 Å². The molecule has 16 heavy (non-hydrogen) atoms. The van der Waals surface area contributed by atoms with Gasteiger partial charge in [0.2, 0.25) is 0 Å². The van der Waals surface area contributed by atoms with Crippen LogP contribution in [0.25, 0.3) is 11.0 Å². The Kier molecular flexibility index (Phi) is 2.14. The van der Waals surface area contributed by atoms with Crippen LogP contribution in [0.1, 0.15) is 24.7 Å². The van der Waals surface area contributed by atoms with Crippen LogP contribution in [-0.4, -0.2) is 11.1 Å². The van der Waals surface area contributed by atoms with Gasteiger partial charge in [-0.25, -0.2) is 0 Å². The highest BCUT2D eigenvalue weighted by Crippen LogP contribution is 2.31. The molecule has 1 unspecified atom stereocenters. The number of nitrogens with one attached hydrogen (secondary N) is 1. The first kappa shape index (κ1) is 9.73. The largest absolute Gasteiger partial charge is 0.508 e. The lowest BCUT2D eigenvalue weighted by atomic mass is 10.1. The van der Waals surface area contributed by atoms with Gasteiger partial charge in [-0.1, -0.05) is 0 Å². The topological polar surface area (TPSA) is 45.4 Å². The number of phenolic OH excluding ortho intramolecular Hbond substituents is 1. The molecule has 84 valence electrons. The summed E-state index contributed by atoms with van der Waals surface area (Å²) in [6.45, 7) is 3.01. The zero-order valence-corrected chi connectivity index (χ0v) is 9.29. The molecule has 0 aliphatic carbocycles. The van der Waals surface area contributed by atoms with E-state index < -0.39 is 0 Å². The molecule has 3 nitrogen and oxygen atoms in total. The number of rotatable bonds is 0. The lowest BCUT2D eigenvalue weighted by Crippen LogP contribution is -2.23. The highest BCUT2D eigenvalue weighted by atomic mass is 16.3. The van der Waals surface area contributed by atoms with E-state index in [1.807, 2.05) is 6.07 Å². The van der Waals surface area contributed by atoms with E-state index in [4.69, 9.17) is 4.42 Å². The third kappa shape index (κ3) is 1.48. The molecule has 0 spiro atoms. The minimum atomic E-state index is 0.299. The first-order chi connectivity index (χ1) is 7.74. The van der Waals surface area contributed by atoms with E-state index in [1.165, 1.54) is 5.56 Å². The number of fused-ring (bicyclic) bond motifs is 3. The van der Waals surface area contributed by atoms with E-state index in [0.717, 1.165) is 36.1 Å². The number of aryl methyl sites for hydroxylation is 1. The number of phenols is 1. The lowest BCUT2D eigenvalue weighted by molar-refractivity contribution is 0.475. The highest BCUT2D eigenvalue weighted by molar-refractivity contribution is 5.83. The van der Waals surface area contributed by atoms with Crippen LogP contribution in [0.4, 0.5) is 0 Å². The molecule has 0 saturated carbocycles. The summed E-state index contributed by atoms with van der Waals surface area (Å²) in [5, 5.41) is 14.0. The van der Waals surface area contributed by atoms with E-state index in [9.17, 15) is 5.11 Å². The van der Waals surface area contributed by atoms with Crippen molar-refractivity contribution in [3.8, 4) is 5.75 Å². The van der Waals surface area contributed by atoms with E-state index in [0.29, 0.717) is 11.8 Å². The lowest BCUT2D eigenvalue weighted by Gasteiger charge is -2.07. The first-order valence-electron chi connectivity index (χ1n) is 5.70. The van der Waals surface area contributed by atoms with E-state index in [1.54, 1.807) is 12.1 Å². The van der Waals surface area contributed by atoms with Crippen LogP contribution in [-0.2, 0) is 13.0 Å². The summed E-state index contributed by atoms with van der Waals surface area (Å²) in [6.07, 6.45) is 2.07. The van der Waals surface area contributed by atoms with Crippen molar-refractivity contribution in [3.05, 3.63) is 29.5 Å². The summed E-state index contributed by atoms with van der Waals surface area (Å²) in [4.78, 5) is 0. The van der Waals surface area contributed by atoms with Gasteiger partial charge in [0, 0.05) is 30.0 Å². The van der Waals surface area contributed by atoms with Gasteiger partial charge in [-0.15, -0.1) is 0 Å². The maximum absolute atomic E-state index is 9.51. The van der Waals surface area contributed by atoms with Crippen molar-refractivity contribution in [1.82, 2.24) is 5.32 Å². The van der Waals surface area contributed by atoms with Crippen molar-refractivity contribution in [3.63, 3.8) is 0 Å². The maximum atomic E-state index is 9.51. The van der Waals surface area contributed by atoms with Crippen LogP contribution in [0.15, 0.2) is 22.6 Å². The fourth-order valence-electron chi connectivity index (χ4n) is 2.31. The van der Waals surface area contributed by atoms with Gasteiger partial charge in [0.25, 0.3) is 0 Å². The number of hydrogen-bond acceptors (Lipinski definition) is 3. The normalized spacial score (nSPS) is 20.7. The van der Waals surface area contributed by atoms with Crippen molar-refractivity contribution in [2.45, 2.75) is 32.4 Å². The first-order valence-corrected chi connectivity index (χ1v) is 5.70. The smallest absolute Gasteiger partial charge is 0.134 e. The molecule has 1 aliphatic rings. The van der Waals surface area contributed by atoms with Crippen LogP contribution < -0.4 is 5.32 Å². The average molecular weight is 217 g/mol. The van der Waals surface area contributed by atoms with E-state index >= 15 is 0 Å². The van der Waals surface area contributed by atoms with Crippen LogP contribution in [0, 0.1) is 0 Å². The molecule has 1 atom stereocenters. The van der Waals surface area contributed by atoms with Crippen molar-refractivity contribution in [2.75, 3.05) is 0 Å². The molecule has 2 heterocycles. The predicted molar refractivity (Wildman–Crippen MR) is 62.5 cm³/mol. The molecule has 2 aromatic rings. The molecule has 0 bridgehead atoms. The standard InChI is InChI=1S/C13H15NO2/c1-8-2-4-13-11(7-14-8)10-6-9(15)3-5-12(10)16-13/h3,5-6,8,14-15H,2,4,7H2,1H3. The van der Waals surface area contributed by atoms with Crippen molar-refractivity contribution < 1.29 is 9.52 Å². The second kappa shape index (κ2) is 3.52. The fourth-order valence-corrected chi connectivity index (χ4v) is 2.31. The minimum Gasteiger partial charge on any atom is -0.508 e. The maximum Gasteiger partial charge on any atom is 0.134 e. The molecule has 3 rings (SSSR count). The van der Waals surface area contributed by atoms with Gasteiger partial charge >= 0.3 is 0 Å². The molecule has 1 aliphatic heterocycles.